The number of carbonyl (C=O) groups is 1. The van der Waals surface area contributed by atoms with E-state index >= 15 is 0 Å². The molecule has 1 aromatic carbocycles. The molecule has 0 unspecified atom stereocenters. The molecule has 0 spiro atoms. The molecule has 1 amide bonds. The number of hydrogen-bond donors (Lipinski definition) is 0. The first kappa shape index (κ1) is 17.1. The van der Waals surface area contributed by atoms with Gasteiger partial charge in [-0.15, -0.1) is 0 Å². The summed E-state index contributed by atoms with van der Waals surface area (Å²) in [6.45, 7) is 0. The monoisotopic (exact) mass is 382 g/mol. The number of benzene rings is 1. The normalized spacial score (nSPS) is 16.7. The van der Waals surface area contributed by atoms with Gasteiger partial charge in [0.2, 0.25) is 5.91 Å². The summed E-state index contributed by atoms with van der Waals surface area (Å²) in [5, 5.41) is 10.8. The van der Waals surface area contributed by atoms with E-state index in [1.807, 2.05) is 0 Å². The van der Waals surface area contributed by atoms with Crippen LogP contribution in [0, 0.1) is 15.9 Å². The highest BCUT2D eigenvalue weighted by Crippen LogP contribution is 2.40. The molecule has 0 radical (unpaired) electrons. The van der Waals surface area contributed by atoms with Crippen molar-refractivity contribution >= 4 is 58.2 Å². The fourth-order valence-electron chi connectivity index (χ4n) is 1.74. The quantitative estimate of drug-likeness (QED) is 0.578. The molecule has 1 aliphatic heterocycles. The first-order valence-electron chi connectivity index (χ1n) is 5.64. The van der Waals surface area contributed by atoms with Crippen molar-refractivity contribution in [1.29, 1.82) is 0 Å². The predicted octanol–water partition coefficient (Wildman–Crippen LogP) is 4.24. The maximum Gasteiger partial charge on any atom is 0.320 e. The van der Waals surface area contributed by atoms with Gasteiger partial charge < -0.3 is 0 Å². The summed E-state index contributed by atoms with van der Waals surface area (Å²) >= 11 is 17.7. The number of carbonyl (C=O) groups excluding carboxylic acids is 1. The average Bonchev–Trinajstić information content (AvgIpc) is 2.81. The van der Waals surface area contributed by atoms with E-state index in [9.17, 15) is 19.3 Å². The molecule has 10 heteroatoms. The van der Waals surface area contributed by atoms with Gasteiger partial charge >= 0.3 is 5.70 Å². The van der Waals surface area contributed by atoms with Gasteiger partial charge in [0.25, 0.3) is 0 Å². The third-order valence-corrected chi connectivity index (χ3v) is 4.61. The average molecular weight is 384 g/mol. The summed E-state index contributed by atoms with van der Waals surface area (Å²) in [7, 11) is 0. The zero-order valence-corrected chi connectivity index (χ0v) is 13.6. The van der Waals surface area contributed by atoms with Crippen LogP contribution in [0.25, 0.3) is 0 Å². The number of nitro groups is 1. The Hall–Kier alpha value is -1.28. The van der Waals surface area contributed by atoms with Crippen LogP contribution in [0.3, 0.4) is 0 Å². The molecule has 1 heterocycles. The second kappa shape index (κ2) is 6.87. The number of nitrogens with zero attached hydrogens (tertiary/aromatic N) is 2. The van der Waals surface area contributed by atoms with Gasteiger partial charge in [-0.05, 0) is 24.3 Å². The van der Waals surface area contributed by atoms with Gasteiger partial charge in [-0.3, -0.25) is 19.8 Å². The molecule has 0 aliphatic carbocycles. The summed E-state index contributed by atoms with van der Waals surface area (Å²) in [6, 6.07) is 4.94. The highest BCUT2D eigenvalue weighted by atomic mass is 35.5. The number of amides is 1. The SMILES string of the molecule is O=C1CS/C(=C(\C(Cl)=C(Cl)Cl)[N+](=O)[O-])N1c1ccc(F)cc1. The molecule has 0 N–H and O–H groups in total. The fraction of sp³-hybridized carbons (Fsp3) is 0.0833. The van der Waals surface area contributed by atoms with E-state index < -0.39 is 31.9 Å². The molecule has 2 rings (SSSR count). The van der Waals surface area contributed by atoms with Crippen molar-refractivity contribution in [2.45, 2.75) is 0 Å². The molecular weight excluding hydrogens is 378 g/mol. The molecule has 1 fully saturated rings. The van der Waals surface area contributed by atoms with E-state index in [1.54, 1.807) is 0 Å². The van der Waals surface area contributed by atoms with Crippen molar-refractivity contribution in [2.75, 3.05) is 10.7 Å². The Labute approximate surface area is 143 Å². The Morgan fingerprint density at radius 1 is 1.27 bits per heavy atom. The van der Waals surface area contributed by atoms with Gasteiger partial charge in [0, 0.05) is 5.69 Å². The minimum absolute atomic E-state index is 0.0197. The highest BCUT2D eigenvalue weighted by Gasteiger charge is 2.37. The van der Waals surface area contributed by atoms with Crippen LogP contribution in [0.4, 0.5) is 10.1 Å². The number of halogens is 4. The number of allylic oxidation sites excluding steroid dienone is 1. The lowest BCUT2D eigenvalue weighted by Gasteiger charge is -2.17. The van der Waals surface area contributed by atoms with Crippen molar-refractivity contribution in [2.24, 2.45) is 0 Å². The van der Waals surface area contributed by atoms with Gasteiger partial charge in [-0.25, -0.2) is 4.39 Å². The third-order valence-electron chi connectivity index (χ3n) is 2.63. The number of anilines is 1. The number of rotatable bonds is 3. The van der Waals surface area contributed by atoms with Crippen molar-refractivity contribution in [1.82, 2.24) is 0 Å². The van der Waals surface area contributed by atoms with Crippen LogP contribution >= 0.6 is 46.6 Å². The van der Waals surface area contributed by atoms with Crippen molar-refractivity contribution in [3.8, 4) is 0 Å². The first-order chi connectivity index (χ1) is 10.3. The standard InChI is InChI=1S/C12H6Cl3FN2O3S/c13-9(11(14)15)10(18(20)21)12-17(8(19)5-22-12)7-3-1-6(16)2-4-7/h1-4H,5H2/b12-10+. The molecule has 1 aliphatic rings. The minimum Gasteiger partial charge on any atom is -0.273 e. The largest absolute Gasteiger partial charge is 0.320 e. The van der Waals surface area contributed by atoms with E-state index in [1.165, 1.54) is 12.1 Å². The molecule has 0 bridgehead atoms. The van der Waals surface area contributed by atoms with Gasteiger partial charge in [-0.2, -0.15) is 0 Å². The maximum absolute atomic E-state index is 13.0. The molecule has 116 valence electrons. The Morgan fingerprint density at radius 3 is 2.36 bits per heavy atom. The van der Waals surface area contributed by atoms with Crippen LogP contribution in [0.5, 0.6) is 0 Å². The first-order valence-corrected chi connectivity index (χ1v) is 7.76. The van der Waals surface area contributed by atoms with Gasteiger partial charge in [-0.1, -0.05) is 46.6 Å². The second-order valence-corrected chi connectivity index (χ2v) is 6.27. The lowest BCUT2D eigenvalue weighted by atomic mass is 10.2. The number of thioether (sulfide) groups is 1. The van der Waals surface area contributed by atoms with Gasteiger partial charge in [0.05, 0.1) is 10.7 Å². The summed E-state index contributed by atoms with van der Waals surface area (Å²) in [6.07, 6.45) is 0. The fourth-order valence-corrected chi connectivity index (χ4v) is 3.17. The molecule has 1 aromatic rings. The lowest BCUT2D eigenvalue weighted by Crippen LogP contribution is -2.25. The second-order valence-electron chi connectivity index (χ2n) is 3.98. The smallest absolute Gasteiger partial charge is 0.273 e. The summed E-state index contributed by atoms with van der Waals surface area (Å²) in [5.41, 5.74) is -0.303. The lowest BCUT2D eigenvalue weighted by molar-refractivity contribution is -0.420. The minimum atomic E-state index is -0.773. The van der Waals surface area contributed by atoms with Crippen LogP contribution in [-0.4, -0.2) is 16.6 Å². The van der Waals surface area contributed by atoms with Gasteiger partial charge in [0.1, 0.15) is 10.3 Å². The molecule has 22 heavy (non-hydrogen) atoms. The Bertz CT molecular complexity index is 702. The topological polar surface area (TPSA) is 63.4 Å². The van der Waals surface area contributed by atoms with Crippen LogP contribution in [0.2, 0.25) is 0 Å². The highest BCUT2D eigenvalue weighted by molar-refractivity contribution is 8.04. The van der Waals surface area contributed by atoms with E-state index in [0.717, 1.165) is 28.8 Å². The van der Waals surface area contributed by atoms with Crippen LogP contribution in [0.15, 0.2) is 44.5 Å². The molecular formula is C12H6Cl3FN2O3S. The molecule has 0 atom stereocenters. The summed E-state index contributed by atoms with van der Waals surface area (Å²) in [4.78, 5) is 23.6. The third kappa shape index (κ3) is 3.38. The predicted molar refractivity (Wildman–Crippen MR) is 84.9 cm³/mol. The van der Waals surface area contributed by atoms with E-state index in [0.29, 0.717) is 0 Å². The zero-order chi connectivity index (χ0) is 16.4. The van der Waals surface area contributed by atoms with Crippen LogP contribution in [0.1, 0.15) is 0 Å². The molecule has 5 nitrogen and oxygen atoms in total. The van der Waals surface area contributed by atoms with Gasteiger partial charge in [0.15, 0.2) is 10.1 Å². The summed E-state index contributed by atoms with van der Waals surface area (Å²) < 4.78 is 12.5. The van der Waals surface area contributed by atoms with E-state index in [-0.39, 0.29) is 16.5 Å². The van der Waals surface area contributed by atoms with Crippen molar-refractivity contribution in [3.63, 3.8) is 0 Å². The van der Waals surface area contributed by atoms with E-state index in [4.69, 9.17) is 34.8 Å². The van der Waals surface area contributed by atoms with Crippen molar-refractivity contribution < 1.29 is 14.1 Å². The van der Waals surface area contributed by atoms with Crippen LogP contribution < -0.4 is 4.90 Å². The molecule has 1 saturated heterocycles. The Kier molecular flexibility index (Phi) is 5.33. The van der Waals surface area contributed by atoms with Crippen molar-refractivity contribution in [3.05, 3.63) is 60.4 Å². The molecule has 0 saturated carbocycles. The molecule has 0 aromatic heterocycles. The maximum atomic E-state index is 13.0. The Balaban J connectivity index is 2.63. The Morgan fingerprint density at radius 2 is 1.86 bits per heavy atom. The van der Waals surface area contributed by atoms with Crippen LogP contribution in [-0.2, 0) is 4.79 Å². The zero-order valence-electron chi connectivity index (χ0n) is 10.6. The summed E-state index contributed by atoms with van der Waals surface area (Å²) in [5.74, 6) is -0.917. The number of hydrogen-bond acceptors (Lipinski definition) is 4. The van der Waals surface area contributed by atoms with E-state index in [2.05, 4.69) is 0 Å².